The van der Waals surface area contributed by atoms with E-state index in [1.807, 2.05) is 18.2 Å². The normalized spacial score (nSPS) is 16.3. The number of nitrogens with zero attached hydrogens (tertiary/aromatic N) is 3. The maximum Gasteiger partial charge on any atom is 0.247 e. The third-order valence-electron chi connectivity index (χ3n) is 3.56. The summed E-state index contributed by atoms with van der Waals surface area (Å²) in [4.78, 5) is 4.36. The Balaban J connectivity index is 1.98. The van der Waals surface area contributed by atoms with Gasteiger partial charge in [-0.25, -0.2) is 0 Å². The molecule has 0 aliphatic heterocycles. The van der Waals surface area contributed by atoms with Gasteiger partial charge in [0.05, 0.1) is 6.07 Å². The van der Waals surface area contributed by atoms with Gasteiger partial charge in [0.15, 0.2) is 0 Å². The van der Waals surface area contributed by atoms with Gasteiger partial charge in [-0.05, 0) is 43.9 Å². The quantitative estimate of drug-likeness (QED) is 0.808. The fraction of sp³-hybridized carbons (Fsp3) is 0.357. The second kappa shape index (κ2) is 3.67. The van der Waals surface area contributed by atoms with Crippen molar-refractivity contribution in [3.05, 3.63) is 35.2 Å². The van der Waals surface area contributed by atoms with Crippen LogP contribution in [0.3, 0.4) is 0 Å². The van der Waals surface area contributed by atoms with Gasteiger partial charge in [-0.2, -0.15) is 10.2 Å². The second-order valence-corrected chi connectivity index (χ2v) is 4.92. The predicted octanol–water partition coefficient (Wildman–Crippen LogP) is 2.91. The van der Waals surface area contributed by atoms with Crippen LogP contribution >= 0.6 is 0 Å². The highest BCUT2D eigenvalue weighted by atomic mass is 16.5. The van der Waals surface area contributed by atoms with E-state index in [9.17, 15) is 0 Å². The van der Waals surface area contributed by atoms with E-state index in [4.69, 9.17) is 9.78 Å². The number of rotatable bonds is 2. The highest BCUT2D eigenvalue weighted by molar-refractivity contribution is 5.57. The molecule has 4 nitrogen and oxygen atoms in total. The molecule has 90 valence electrons. The average Bonchev–Trinajstić information content (AvgIpc) is 3.02. The van der Waals surface area contributed by atoms with Crippen molar-refractivity contribution >= 4 is 0 Å². The summed E-state index contributed by atoms with van der Waals surface area (Å²) in [5.41, 5.74) is 2.85. The molecule has 0 atom stereocenters. The van der Waals surface area contributed by atoms with Crippen molar-refractivity contribution in [1.29, 1.82) is 5.26 Å². The molecule has 1 aromatic heterocycles. The monoisotopic (exact) mass is 239 g/mol. The lowest BCUT2D eigenvalue weighted by Crippen LogP contribution is -2.02. The van der Waals surface area contributed by atoms with Crippen LogP contribution in [0.25, 0.3) is 11.4 Å². The van der Waals surface area contributed by atoms with Crippen LogP contribution in [-0.4, -0.2) is 10.1 Å². The molecule has 1 heterocycles. The van der Waals surface area contributed by atoms with E-state index >= 15 is 0 Å². The fourth-order valence-electron chi connectivity index (χ4n) is 1.91. The van der Waals surface area contributed by atoms with Gasteiger partial charge in [0.25, 0.3) is 0 Å². The third-order valence-corrected chi connectivity index (χ3v) is 3.56. The molecule has 1 aliphatic rings. The summed E-state index contributed by atoms with van der Waals surface area (Å²) >= 11 is 0. The number of aryl methyl sites for hydroxylation is 2. The molecule has 18 heavy (non-hydrogen) atoms. The molecule has 1 aromatic carbocycles. The molecule has 4 heteroatoms. The van der Waals surface area contributed by atoms with E-state index in [-0.39, 0.29) is 0 Å². The Morgan fingerprint density at radius 1 is 1.28 bits per heavy atom. The van der Waals surface area contributed by atoms with Crippen molar-refractivity contribution in [3.8, 4) is 17.5 Å². The Morgan fingerprint density at radius 2 is 2.06 bits per heavy atom. The zero-order valence-electron chi connectivity index (χ0n) is 10.4. The molecule has 0 unspecified atom stereocenters. The highest BCUT2D eigenvalue weighted by Crippen LogP contribution is 2.46. The van der Waals surface area contributed by atoms with Gasteiger partial charge < -0.3 is 4.52 Å². The predicted molar refractivity (Wildman–Crippen MR) is 65.7 cm³/mol. The molecular formula is C14H13N3O. The van der Waals surface area contributed by atoms with E-state index in [1.165, 1.54) is 11.1 Å². The number of aromatic nitrogens is 2. The van der Waals surface area contributed by atoms with Crippen LogP contribution in [0, 0.1) is 25.2 Å². The first kappa shape index (κ1) is 11.0. The molecule has 0 N–H and O–H groups in total. The van der Waals surface area contributed by atoms with E-state index in [0.717, 1.165) is 18.4 Å². The number of hydrogen-bond donors (Lipinski definition) is 0. The Labute approximate surface area is 105 Å². The average molecular weight is 239 g/mol. The van der Waals surface area contributed by atoms with Crippen LogP contribution in [0.15, 0.2) is 22.7 Å². The summed E-state index contributed by atoms with van der Waals surface area (Å²) in [6, 6.07) is 8.31. The van der Waals surface area contributed by atoms with Gasteiger partial charge in [0.1, 0.15) is 5.41 Å². The van der Waals surface area contributed by atoms with Gasteiger partial charge >= 0.3 is 0 Å². The summed E-state index contributed by atoms with van der Waals surface area (Å²) in [7, 11) is 0. The molecule has 0 radical (unpaired) electrons. The minimum absolute atomic E-state index is 0.457. The second-order valence-electron chi connectivity index (χ2n) is 4.92. The van der Waals surface area contributed by atoms with Crippen molar-refractivity contribution in [2.24, 2.45) is 0 Å². The Morgan fingerprint density at radius 3 is 2.67 bits per heavy atom. The Bertz CT molecular complexity index is 647. The first-order valence-corrected chi connectivity index (χ1v) is 5.98. The zero-order valence-corrected chi connectivity index (χ0v) is 10.4. The van der Waals surface area contributed by atoms with Crippen LogP contribution < -0.4 is 0 Å². The topological polar surface area (TPSA) is 62.7 Å². The molecular weight excluding hydrogens is 226 g/mol. The molecule has 2 aromatic rings. The standard InChI is InChI=1S/C14H13N3O/c1-9-3-4-11(7-10(9)2)12-16-13(18-17-12)14(8-15)5-6-14/h3-4,7H,5-6H2,1-2H3. The maximum atomic E-state index is 9.09. The summed E-state index contributed by atoms with van der Waals surface area (Å²) in [6.45, 7) is 4.12. The zero-order chi connectivity index (χ0) is 12.8. The first-order chi connectivity index (χ1) is 8.64. The molecule has 1 aliphatic carbocycles. The molecule has 3 rings (SSSR count). The molecule has 1 fully saturated rings. The van der Waals surface area contributed by atoms with Crippen molar-refractivity contribution < 1.29 is 4.52 Å². The van der Waals surface area contributed by atoms with Gasteiger partial charge in [-0.15, -0.1) is 0 Å². The van der Waals surface area contributed by atoms with Crippen molar-refractivity contribution in [1.82, 2.24) is 10.1 Å². The summed E-state index contributed by atoms with van der Waals surface area (Å²) in [5, 5.41) is 13.1. The van der Waals surface area contributed by atoms with Crippen LogP contribution in [0.5, 0.6) is 0 Å². The first-order valence-electron chi connectivity index (χ1n) is 5.98. The van der Waals surface area contributed by atoms with E-state index in [1.54, 1.807) is 0 Å². The largest absolute Gasteiger partial charge is 0.337 e. The van der Waals surface area contributed by atoms with Crippen LogP contribution in [0.4, 0.5) is 0 Å². The van der Waals surface area contributed by atoms with E-state index in [0.29, 0.717) is 11.7 Å². The van der Waals surface area contributed by atoms with Crippen LogP contribution in [-0.2, 0) is 5.41 Å². The Kier molecular flexibility index (Phi) is 2.24. The third kappa shape index (κ3) is 1.60. The maximum absolute atomic E-state index is 9.09. The number of hydrogen-bond acceptors (Lipinski definition) is 4. The van der Waals surface area contributed by atoms with Gasteiger partial charge in [0, 0.05) is 5.56 Å². The highest BCUT2D eigenvalue weighted by Gasteiger charge is 2.50. The van der Waals surface area contributed by atoms with Crippen molar-refractivity contribution in [3.63, 3.8) is 0 Å². The molecule has 0 spiro atoms. The fourth-order valence-corrected chi connectivity index (χ4v) is 1.91. The van der Waals surface area contributed by atoms with Crippen molar-refractivity contribution in [2.45, 2.75) is 32.1 Å². The van der Waals surface area contributed by atoms with Gasteiger partial charge in [-0.1, -0.05) is 17.3 Å². The van der Waals surface area contributed by atoms with E-state index < -0.39 is 5.41 Å². The summed E-state index contributed by atoms with van der Waals surface area (Å²) < 4.78 is 5.22. The molecule has 0 saturated heterocycles. The lowest BCUT2D eigenvalue weighted by molar-refractivity contribution is 0.365. The minimum Gasteiger partial charge on any atom is -0.337 e. The van der Waals surface area contributed by atoms with Crippen LogP contribution in [0.1, 0.15) is 29.9 Å². The lowest BCUT2D eigenvalue weighted by Gasteiger charge is -2.00. The van der Waals surface area contributed by atoms with Crippen molar-refractivity contribution in [2.75, 3.05) is 0 Å². The lowest BCUT2D eigenvalue weighted by atomic mass is 10.1. The SMILES string of the molecule is Cc1ccc(-c2noc(C3(C#N)CC3)n2)cc1C. The number of nitriles is 1. The van der Waals surface area contributed by atoms with Gasteiger partial charge in [0.2, 0.25) is 11.7 Å². The molecule has 1 saturated carbocycles. The summed E-state index contributed by atoms with van der Waals surface area (Å²) in [5.74, 6) is 1.02. The molecule has 0 amide bonds. The number of benzene rings is 1. The van der Waals surface area contributed by atoms with Crippen LogP contribution in [0.2, 0.25) is 0 Å². The van der Waals surface area contributed by atoms with E-state index in [2.05, 4.69) is 30.1 Å². The Hall–Kier alpha value is -2.15. The minimum atomic E-state index is -0.509. The summed E-state index contributed by atoms with van der Waals surface area (Å²) in [6.07, 6.45) is 1.64. The van der Waals surface area contributed by atoms with Gasteiger partial charge in [-0.3, -0.25) is 0 Å². The smallest absolute Gasteiger partial charge is 0.247 e. The molecule has 0 bridgehead atoms.